The summed E-state index contributed by atoms with van der Waals surface area (Å²) < 4.78 is 5.50. The molecule has 2 saturated heterocycles. The number of hydrogen-bond donors (Lipinski definition) is 2. The molecule has 2 N–H and O–H groups in total. The number of aromatic hydroxyl groups is 1. The van der Waals surface area contributed by atoms with Crippen molar-refractivity contribution in [2.75, 3.05) is 26.7 Å². The van der Waals surface area contributed by atoms with Crippen molar-refractivity contribution in [3.05, 3.63) is 59.1 Å². The normalized spacial score (nSPS) is 19.5. The maximum absolute atomic E-state index is 13.5. The van der Waals surface area contributed by atoms with Crippen molar-refractivity contribution in [1.29, 1.82) is 0 Å². The zero-order valence-electron chi connectivity index (χ0n) is 18.4. The zero-order chi connectivity index (χ0) is 22.5. The van der Waals surface area contributed by atoms with Gasteiger partial charge in [-0.15, -0.1) is 0 Å². The van der Waals surface area contributed by atoms with Gasteiger partial charge in [0.05, 0.1) is 24.8 Å². The number of hydrogen-bond acceptors (Lipinski definition) is 4. The summed E-state index contributed by atoms with van der Waals surface area (Å²) >= 11 is 0. The summed E-state index contributed by atoms with van der Waals surface area (Å²) in [7, 11) is 1.59. The average molecular weight is 437 g/mol. The lowest BCUT2D eigenvalue weighted by atomic mass is 9.83. The van der Waals surface area contributed by atoms with Crippen LogP contribution >= 0.6 is 0 Å². The number of nitrogens with one attached hydrogen (secondary N) is 1. The second-order valence-corrected chi connectivity index (χ2v) is 8.62. The number of aromatic nitrogens is 1. The molecule has 168 valence electrons. The number of fused-ring (bicyclic) bond motifs is 3. The number of phenolic OH excluding ortho intramolecular Hbond substituents is 1. The van der Waals surface area contributed by atoms with E-state index in [4.69, 9.17) is 4.74 Å². The second-order valence-electron chi connectivity index (χ2n) is 8.62. The number of benzene rings is 1. The van der Waals surface area contributed by atoms with Crippen LogP contribution in [0.15, 0.2) is 42.4 Å². The molecule has 8 nitrogen and oxygen atoms in total. The van der Waals surface area contributed by atoms with Crippen LogP contribution in [0.4, 0.5) is 4.79 Å². The van der Waals surface area contributed by atoms with E-state index in [-0.39, 0.29) is 17.7 Å². The van der Waals surface area contributed by atoms with Crippen molar-refractivity contribution in [2.24, 2.45) is 0 Å². The Bertz CT molecular complexity index is 1080. The standard InChI is InChI=1S/C24H28N4O4/c1-3-28-23(31)27-15-17-12-18(29)13-20(32-2)19(17)4-5-21(27)24(28)7-10-26(11-8-24)22(30)16-6-9-25-14-16/h5-6,9,12-14,25,29H,3-4,7-8,10-11,15H2,1-2H3. The van der Waals surface area contributed by atoms with Crippen LogP contribution in [0.1, 0.15) is 41.3 Å². The van der Waals surface area contributed by atoms with Gasteiger partial charge in [0.1, 0.15) is 11.5 Å². The summed E-state index contributed by atoms with van der Waals surface area (Å²) in [5, 5.41) is 10.1. The topological polar surface area (TPSA) is 89.1 Å². The van der Waals surface area contributed by atoms with E-state index in [1.54, 1.807) is 37.7 Å². The first-order valence-electron chi connectivity index (χ1n) is 11.1. The average Bonchev–Trinajstić information content (AvgIpc) is 3.34. The van der Waals surface area contributed by atoms with Gasteiger partial charge >= 0.3 is 6.03 Å². The smallest absolute Gasteiger partial charge is 0.325 e. The number of likely N-dealkylation sites (tertiary alicyclic amines) is 1. The molecule has 0 bridgehead atoms. The minimum absolute atomic E-state index is 0.0145. The predicted molar refractivity (Wildman–Crippen MR) is 118 cm³/mol. The van der Waals surface area contributed by atoms with Crippen molar-refractivity contribution in [2.45, 2.75) is 38.3 Å². The number of carbonyl (C=O) groups is 2. The number of urea groups is 1. The molecule has 8 heteroatoms. The van der Waals surface area contributed by atoms with E-state index in [0.717, 1.165) is 16.8 Å². The molecule has 2 fully saturated rings. The molecule has 2 aromatic rings. The van der Waals surface area contributed by atoms with Crippen molar-refractivity contribution in [1.82, 2.24) is 19.7 Å². The highest BCUT2D eigenvalue weighted by Gasteiger charge is 2.54. The summed E-state index contributed by atoms with van der Waals surface area (Å²) in [4.78, 5) is 34.9. The SMILES string of the molecule is CCN1C(=O)N2Cc3cc(O)cc(OC)c3CC=C2C12CCN(C(=O)c1cc[nH]c1)CC2. The molecule has 1 aromatic carbocycles. The van der Waals surface area contributed by atoms with Gasteiger partial charge in [0.25, 0.3) is 5.91 Å². The highest BCUT2D eigenvalue weighted by molar-refractivity contribution is 5.94. The molecule has 0 saturated carbocycles. The molecule has 3 amide bonds. The number of aromatic amines is 1. The summed E-state index contributed by atoms with van der Waals surface area (Å²) in [6.45, 7) is 4.20. The number of phenols is 1. The lowest BCUT2D eigenvalue weighted by molar-refractivity contribution is 0.0576. The van der Waals surface area contributed by atoms with Crippen molar-refractivity contribution < 1.29 is 19.4 Å². The van der Waals surface area contributed by atoms with Gasteiger partial charge in [-0.1, -0.05) is 6.08 Å². The lowest BCUT2D eigenvalue weighted by Crippen LogP contribution is -2.54. The number of piperidine rings is 1. The number of H-pyrrole nitrogens is 1. The largest absolute Gasteiger partial charge is 0.508 e. The molecule has 0 atom stereocenters. The summed E-state index contributed by atoms with van der Waals surface area (Å²) in [6, 6.07) is 5.12. The molecule has 0 radical (unpaired) electrons. The number of allylic oxidation sites excluding steroid dienone is 1. The molecule has 5 rings (SSSR count). The predicted octanol–water partition coefficient (Wildman–Crippen LogP) is 3.10. The number of nitrogens with zero attached hydrogens (tertiary/aromatic N) is 3. The van der Waals surface area contributed by atoms with Gasteiger partial charge in [-0.2, -0.15) is 0 Å². The molecule has 32 heavy (non-hydrogen) atoms. The number of amides is 3. The number of rotatable bonds is 3. The Balaban J connectivity index is 1.47. The first-order chi connectivity index (χ1) is 15.5. The highest BCUT2D eigenvalue weighted by atomic mass is 16.5. The van der Waals surface area contributed by atoms with E-state index in [9.17, 15) is 14.7 Å². The number of ether oxygens (including phenoxy) is 1. The van der Waals surface area contributed by atoms with Crippen LogP contribution in [0.3, 0.4) is 0 Å². The molecular formula is C24H28N4O4. The van der Waals surface area contributed by atoms with Gasteiger partial charge in [0, 0.05) is 49.4 Å². The first kappa shape index (κ1) is 20.5. The van der Waals surface area contributed by atoms with E-state index in [1.165, 1.54) is 0 Å². The third kappa shape index (κ3) is 2.97. The third-order valence-corrected chi connectivity index (χ3v) is 7.12. The zero-order valence-corrected chi connectivity index (χ0v) is 18.4. The Labute approximate surface area is 187 Å². The molecule has 0 unspecified atom stereocenters. The van der Waals surface area contributed by atoms with Crippen LogP contribution < -0.4 is 4.74 Å². The fourth-order valence-corrected chi connectivity index (χ4v) is 5.57. The van der Waals surface area contributed by atoms with Gasteiger partial charge in [-0.05, 0) is 43.9 Å². The summed E-state index contributed by atoms with van der Waals surface area (Å²) in [6.07, 6.45) is 7.64. The Hall–Kier alpha value is -3.42. The molecule has 3 aliphatic rings. The Morgan fingerprint density at radius 3 is 2.72 bits per heavy atom. The maximum atomic E-state index is 13.5. The van der Waals surface area contributed by atoms with Gasteiger partial charge in [-0.25, -0.2) is 4.79 Å². The van der Waals surface area contributed by atoms with Crippen molar-refractivity contribution in [3.63, 3.8) is 0 Å². The summed E-state index contributed by atoms with van der Waals surface area (Å²) in [5.41, 5.74) is 3.15. The van der Waals surface area contributed by atoms with Gasteiger partial charge in [-0.3, -0.25) is 9.69 Å². The maximum Gasteiger partial charge on any atom is 0.325 e. The molecule has 1 spiro atoms. The monoisotopic (exact) mass is 436 g/mol. The van der Waals surface area contributed by atoms with Crippen LogP contribution in [0.2, 0.25) is 0 Å². The summed E-state index contributed by atoms with van der Waals surface area (Å²) in [5.74, 6) is 0.793. The number of methoxy groups -OCH3 is 1. The minimum Gasteiger partial charge on any atom is -0.508 e. The van der Waals surface area contributed by atoms with Crippen molar-refractivity contribution >= 4 is 11.9 Å². The molecule has 3 aliphatic heterocycles. The Morgan fingerprint density at radius 1 is 1.28 bits per heavy atom. The van der Waals surface area contributed by atoms with Gasteiger partial charge in [0.2, 0.25) is 0 Å². The molecular weight excluding hydrogens is 408 g/mol. The number of carbonyl (C=O) groups excluding carboxylic acids is 2. The van der Waals surface area contributed by atoms with Gasteiger partial charge in [0.15, 0.2) is 0 Å². The van der Waals surface area contributed by atoms with E-state index in [2.05, 4.69) is 11.1 Å². The van der Waals surface area contributed by atoms with E-state index in [0.29, 0.717) is 56.8 Å². The van der Waals surface area contributed by atoms with Crippen LogP contribution in [0.25, 0.3) is 0 Å². The van der Waals surface area contributed by atoms with Crippen LogP contribution in [-0.4, -0.2) is 69.0 Å². The fourth-order valence-electron chi connectivity index (χ4n) is 5.57. The fraction of sp³-hybridized carbons (Fsp3) is 0.417. The van der Waals surface area contributed by atoms with Crippen LogP contribution in [-0.2, 0) is 13.0 Å². The highest BCUT2D eigenvalue weighted by Crippen LogP contribution is 2.46. The van der Waals surface area contributed by atoms with Crippen LogP contribution in [0.5, 0.6) is 11.5 Å². The second kappa shape index (κ2) is 7.62. The molecule has 0 aliphatic carbocycles. The Kier molecular flexibility index (Phi) is 4.87. The lowest BCUT2D eigenvalue weighted by Gasteiger charge is -2.44. The first-order valence-corrected chi connectivity index (χ1v) is 11.1. The Morgan fingerprint density at radius 2 is 2.06 bits per heavy atom. The van der Waals surface area contributed by atoms with E-state index < -0.39 is 5.54 Å². The van der Waals surface area contributed by atoms with E-state index >= 15 is 0 Å². The number of likely N-dealkylation sites (N-methyl/N-ethyl adjacent to an activating group) is 1. The van der Waals surface area contributed by atoms with E-state index in [1.807, 2.05) is 21.6 Å². The third-order valence-electron chi connectivity index (χ3n) is 7.12. The minimum atomic E-state index is -0.419. The van der Waals surface area contributed by atoms with Gasteiger partial charge < -0.3 is 24.6 Å². The van der Waals surface area contributed by atoms with Crippen molar-refractivity contribution in [3.8, 4) is 11.5 Å². The molecule has 1 aromatic heterocycles. The molecule has 4 heterocycles. The van der Waals surface area contributed by atoms with Crippen LogP contribution in [0, 0.1) is 0 Å². The quantitative estimate of drug-likeness (QED) is 0.774.